The highest BCUT2D eigenvalue weighted by atomic mass is 32.2. The minimum atomic E-state index is -3.92. The number of methoxy groups -OCH3 is 2. The van der Waals surface area contributed by atoms with Gasteiger partial charge in [-0.05, 0) is 37.5 Å². The van der Waals surface area contributed by atoms with Crippen LogP contribution in [-0.4, -0.2) is 22.6 Å². The normalized spacial score (nSPS) is 12.1. The molecule has 0 saturated carbocycles. The first kappa shape index (κ1) is 20.2. The summed E-state index contributed by atoms with van der Waals surface area (Å²) in [4.78, 5) is 0.0379. The SMILES string of the molecule is CCc1c(S(N)(=O)=O)cc(-c2ccc(C(C)(C)N)cc2)c(OC)c1OC. The summed E-state index contributed by atoms with van der Waals surface area (Å²) in [6.07, 6.45) is 0.436. The van der Waals surface area contributed by atoms with E-state index >= 15 is 0 Å². The Hall–Kier alpha value is -2.09. The van der Waals surface area contributed by atoms with Gasteiger partial charge < -0.3 is 15.2 Å². The third kappa shape index (κ3) is 3.85. The lowest BCUT2D eigenvalue weighted by molar-refractivity contribution is 0.351. The third-order valence-electron chi connectivity index (χ3n) is 4.31. The van der Waals surface area contributed by atoms with E-state index in [-0.39, 0.29) is 4.90 Å². The molecule has 0 radical (unpaired) electrons. The molecule has 2 aromatic rings. The standard InChI is InChI=1S/C19H26N2O4S/c1-6-14-16(26(21,22)23)11-15(18(25-5)17(14)24-4)12-7-9-13(10-8-12)19(2,3)20/h7-11H,6,20H2,1-5H3,(H2,21,22,23). The maximum absolute atomic E-state index is 12.1. The molecule has 0 aliphatic rings. The van der Waals surface area contributed by atoms with Gasteiger partial charge in [0.15, 0.2) is 11.5 Å². The van der Waals surface area contributed by atoms with Crippen molar-refractivity contribution in [1.82, 2.24) is 0 Å². The zero-order valence-corrected chi connectivity index (χ0v) is 16.6. The molecule has 0 spiro atoms. The topological polar surface area (TPSA) is 105 Å². The number of rotatable bonds is 6. The molecule has 6 nitrogen and oxygen atoms in total. The highest BCUT2D eigenvalue weighted by Crippen LogP contribution is 2.44. The lowest BCUT2D eigenvalue weighted by Crippen LogP contribution is -2.28. The first-order chi connectivity index (χ1) is 12.0. The zero-order valence-electron chi connectivity index (χ0n) is 15.8. The van der Waals surface area contributed by atoms with Crippen molar-refractivity contribution in [2.45, 2.75) is 37.6 Å². The Balaban J connectivity index is 2.79. The van der Waals surface area contributed by atoms with Crippen LogP contribution in [0.1, 0.15) is 31.9 Å². The highest BCUT2D eigenvalue weighted by molar-refractivity contribution is 7.89. The predicted octanol–water partition coefficient (Wildman–Crippen LogP) is 2.77. The van der Waals surface area contributed by atoms with E-state index in [1.165, 1.54) is 20.3 Å². The average molecular weight is 378 g/mol. The first-order valence-electron chi connectivity index (χ1n) is 8.25. The summed E-state index contributed by atoms with van der Waals surface area (Å²) in [5, 5.41) is 5.44. The van der Waals surface area contributed by atoms with E-state index in [0.29, 0.717) is 29.0 Å². The summed E-state index contributed by atoms with van der Waals surface area (Å²) in [5.41, 5.74) is 8.48. The molecule has 0 unspecified atom stereocenters. The van der Waals surface area contributed by atoms with Gasteiger partial charge in [-0.3, -0.25) is 0 Å². The second-order valence-electron chi connectivity index (χ2n) is 6.66. The molecule has 0 aromatic heterocycles. The predicted molar refractivity (Wildman–Crippen MR) is 103 cm³/mol. The van der Waals surface area contributed by atoms with Crippen molar-refractivity contribution >= 4 is 10.0 Å². The van der Waals surface area contributed by atoms with Crippen LogP contribution in [0.2, 0.25) is 0 Å². The molecule has 0 saturated heterocycles. The summed E-state index contributed by atoms with van der Waals surface area (Å²) < 4.78 is 35.2. The Bertz CT molecular complexity index is 899. The fourth-order valence-electron chi connectivity index (χ4n) is 2.96. The van der Waals surface area contributed by atoms with E-state index in [4.69, 9.17) is 20.3 Å². The van der Waals surface area contributed by atoms with E-state index < -0.39 is 15.6 Å². The smallest absolute Gasteiger partial charge is 0.238 e. The number of sulfonamides is 1. The Morgan fingerprint density at radius 2 is 1.58 bits per heavy atom. The van der Waals surface area contributed by atoms with Crippen molar-refractivity contribution in [1.29, 1.82) is 0 Å². The molecule has 0 amide bonds. The molecular weight excluding hydrogens is 352 g/mol. The molecule has 2 rings (SSSR count). The summed E-state index contributed by atoms with van der Waals surface area (Å²) in [7, 11) is -0.918. The maximum atomic E-state index is 12.1. The Labute approximate surface area is 155 Å². The summed E-state index contributed by atoms with van der Waals surface area (Å²) in [5.74, 6) is 0.844. The van der Waals surface area contributed by atoms with Crippen LogP contribution >= 0.6 is 0 Å². The lowest BCUT2D eigenvalue weighted by Gasteiger charge is -2.21. The fraction of sp³-hybridized carbons (Fsp3) is 0.368. The van der Waals surface area contributed by atoms with Crippen molar-refractivity contribution in [3.8, 4) is 22.6 Å². The molecule has 26 heavy (non-hydrogen) atoms. The Kier molecular flexibility index (Phi) is 5.65. The molecule has 4 N–H and O–H groups in total. The van der Waals surface area contributed by atoms with E-state index in [1.807, 2.05) is 45.0 Å². The number of hydrogen-bond donors (Lipinski definition) is 2. The van der Waals surface area contributed by atoms with Gasteiger partial charge >= 0.3 is 0 Å². The van der Waals surface area contributed by atoms with Crippen molar-refractivity contribution in [3.05, 3.63) is 41.5 Å². The number of hydrogen-bond acceptors (Lipinski definition) is 5. The fourth-order valence-corrected chi connectivity index (χ4v) is 3.82. The van der Waals surface area contributed by atoms with Gasteiger partial charge in [-0.1, -0.05) is 31.2 Å². The minimum Gasteiger partial charge on any atom is -0.493 e. The zero-order chi connectivity index (χ0) is 19.7. The van der Waals surface area contributed by atoms with Crippen LogP contribution in [0.3, 0.4) is 0 Å². The van der Waals surface area contributed by atoms with Crippen LogP contribution < -0.4 is 20.3 Å². The van der Waals surface area contributed by atoms with Crippen molar-refractivity contribution in [2.24, 2.45) is 10.9 Å². The molecule has 0 atom stereocenters. The summed E-state index contributed by atoms with van der Waals surface area (Å²) >= 11 is 0. The summed E-state index contributed by atoms with van der Waals surface area (Å²) in [6.45, 7) is 5.67. The van der Waals surface area contributed by atoms with Gasteiger partial charge in [0, 0.05) is 16.7 Å². The van der Waals surface area contributed by atoms with Gasteiger partial charge in [0.05, 0.1) is 19.1 Å². The van der Waals surface area contributed by atoms with Crippen molar-refractivity contribution in [2.75, 3.05) is 14.2 Å². The first-order valence-corrected chi connectivity index (χ1v) is 9.79. The van der Waals surface area contributed by atoms with Gasteiger partial charge in [-0.2, -0.15) is 0 Å². The summed E-state index contributed by atoms with van der Waals surface area (Å²) in [6, 6.07) is 9.11. The van der Waals surface area contributed by atoms with Crippen LogP contribution in [-0.2, 0) is 22.0 Å². The van der Waals surface area contributed by atoms with Gasteiger partial charge in [-0.25, -0.2) is 13.6 Å². The van der Waals surface area contributed by atoms with Crippen molar-refractivity contribution < 1.29 is 17.9 Å². The molecule has 0 aliphatic heterocycles. The average Bonchev–Trinajstić information content (AvgIpc) is 2.58. The molecular formula is C19H26N2O4S. The molecule has 0 fully saturated rings. The lowest BCUT2D eigenvalue weighted by atomic mass is 9.93. The third-order valence-corrected chi connectivity index (χ3v) is 5.28. The molecule has 0 bridgehead atoms. The van der Waals surface area contributed by atoms with E-state index in [9.17, 15) is 8.42 Å². The largest absolute Gasteiger partial charge is 0.493 e. The molecule has 2 aromatic carbocycles. The van der Waals surface area contributed by atoms with Crippen LogP contribution in [0.4, 0.5) is 0 Å². The van der Waals surface area contributed by atoms with Crippen LogP contribution in [0.15, 0.2) is 35.2 Å². The van der Waals surface area contributed by atoms with Crippen LogP contribution in [0, 0.1) is 0 Å². The van der Waals surface area contributed by atoms with Crippen LogP contribution in [0.5, 0.6) is 11.5 Å². The van der Waals surface area contributed by atoms with Crippen LogP contribution in [0.25, 0.3) is 11.1 Å². The highest BCUT2D eigenvalue weighted by Gasteiger charge is 2.25. The van der Waals surface area contributed by atoms with E-state index in [2.05, 4.69) is 0 Å². The maximum Gasteiger partial charge on any atom is 0.238 e. The number of benzene rings is 2. The van der Waals surface area contributed by atoms with Gasteiger partial charge in [0.2, 0.25) is 10.0 Å². The monoisotopic (exact) mass is 378 g/mol. The van der Waals surface area contributed by atoms with E-state index in [1.54, 1.807) is 0 Å². The molecule has 0 aliphatic carbocycles. The number of ether oxygens (including phenoxy) is 2. The second kappa shape index (κ2) is 7.26. The molecule has 7 heteroatoms. The van der Waals surface area contributed by atoms with Gasteiger partial charge in [0.1, 0.15) is 0 Å². The number of primary sulfonamides is 1. The Morgan fingerprint density at radius 3 is 1.96 bits per heavy atom. The van der Waals surface area contributed by atoms with Gasteiger partial charge in [-0.15, -0.1) is 0 Å². The second-order valence-corrected chi connectivity index (χ2v) is 8.19. The molecule has 142 valence electrons. The Morgan fingerprint density at radius 1 is 1.04 bits per heavy atom. The van der Waals surface area contributed by atoms with Gasteiger partial charge in [0.25, 0.3) is 0 Å². The van der Waals surface area contributed by atoms with Crippen molar-refractivity contribution in [3.63, 3.8) is 0 Å². The van der Waals surface area contributed by atoms with E-state index in [0.717, 1.165) is 11.1 Å². The number of nitrogens with two attached hydrogens (primary N) is 2. The molecule has 0 heterocycles. The minimum absolute atomic E-state index is 0.0379. The quantitative estimate of drug-likeness (QED) is 0.804.